The lowest BCUT2D eigenvalue weighted by molar-refractivity contribution is -0.141. The van der Waals surface area contributed by atoms with Crippen molar-refractivity contribution in [2.75, 3.05) is 6.61 Å². The number of ether oxygens (including phenoxy) is 1. The van der Waals surface area contributed by atoms with Gasteiger partial charge >= 0.3 is 5.97 Å². The number of hydrogen-bond acceptors (Lipinski definition) is 4. The molecule has 0 aliphatic heterocycles. The van der Waals surface area contributed by atoms with E-state index in [0.29, 0.717) is 18.7 Å². The zero-order valence-corrected chi connectivity index (χ0v) is 13.8. The minimum Gasteiger partial charge on any atom is -0.494 e. The van der Waals surface area contributed by atoms with Crippen LogP contribution in [0, 0.1) is 5.92 Å². The van der Waals surface area contributed by atoms with Crippen LogP contribution in [0.15, 0.2) is 30.5 Å². The van der Waals surface area contributed by atoms with Crippen LogP contribution in [0.5, 0.6) is 5.75 Å². The Bertz CT molecular complexity index is 652. The van der Waals surface area contributed by atoms with Crippen molar-refractivity contribution in [2.45, 2.75) is 39.7 Å². The summed E-state index contributed by atoms with van der Waals surface area (Å²) in [6.45, 7) is 6.69. The number of hydrogen-bond donors (Lipinski definition) is 1. The minimum atomic E-state index is -0.893. The van der Waals surface area contributed by atoms with Crippen molar-refractivity contribution in [2.24, 2.45) is 5.92 Å². The van der Waals surface area contributed by atoms with Crippen LogP contribution in [0.25, 0.3) is 11.3 Å². The van der Waals surface area contributed by atoms with Gasteiger partial charge in [0.1, 0.15) is 11.4 Å². The van der Waals surface area contributed by atoms with Gasteiger partial charge in [-0.25, -0.2) is 9.48 Å². The lowest BCUT2D eigenvalue weighted by atomic mass is 10.0. The number of aromatic nitrogens is 3. The molecule has 1 N–H and O–H groups in total. The Morgan fingerprint density at radius 1 is 1.39 bits per heavy atom. The number of aliphatic carboxylic acids is 1. The number of carbonyl (C=O) groups is 1. The SMILES string of the molecule is CCCOc1cccc(-c2cn(C(CC(C)C)C(=O)O)nn2)c1. The summed E-state index contributed by atoms with van der Waals surface area (Å²) in [5, 5.41) is 17.5. The third-order valence-corrected chi connectivity index (χ3v) is 3.41. The van der Waals surface area contributed by atoms with Crippen LogP contribution in [0.3, 0.4) is 0 Å². The van der Waals surface area contributed by atoms with Gasteiger partial charge in [0.05, 0.1) is 12.8 Å². The smallest absolute Gasteiger partial charge is 0.328 e. The van der Waals surface area contributed by atoms with Gasteiger partial charge in [-0.3, -0.25) is 0 Å². The molecule has 0 aliphatic carbocycles. The number of carboxylic acid groups (broad SMARTS) is 1. The molecule has 0 saturated heterocycles. The third kappa shape index (κ3) is 4.55. The quantitative estimate of drug-likeness (QED) is 0.807. The molecule has 0 fully saturated rings. The molecule has 1 unspecified atom stereocenters. The Morgan fingerprint density at radius 3 is 2.83 bits per heavy atom. The third-order valence-electron chi connectivity index (χ3n) is 3.41. The standard InChI is InChI=1S/C17H23N3O3/c1-4-8-23-14-7-5-6-13(10-14)15-11-20(19-18-15)16(17(21)22)9-12(2)3/h5-7,10-12,16H,4,8-9H2,1-3H3,(H,21,22). The van der Waals surface area contributed by atoms with Gasteiger partial charge in [-0.2, -0.15) is 0 Å². The molecular formula is C17H23N3O3. The van der Waals surface area contributed by atoms with Crippen LogP contribution in [0.2, 0.25) is 0 Å². The van der Waals surface area contributed by atoms with E-state index in [0.717, 1.165) is 17.7 Å². The van der Waals surface area contributed by atoms with Gasteiger partial charge < -0.3 is 9.84 Å². The maximum absolute atomic E-state index is 11.4. The molecule has 6 heteroatoms. The van der Waals surface area contributed by atoms with Crippen LogP contribution in [0.1, 0.15) is 39.7 Å². The lowest BCUT2D eigenvalue weighted by Crippen LogP contribution is -2.21. The summed E-state index contributed by atoms with van der Waals surface area (Å²) in [5.74, 6) is 0.139. The van der Waals surface area contributed by atoms with Crippen LogP contribution in [0.4, 0.5) is 0 Å². The van der Waals surface area contributed by atoms with Gasteiger partial charge in [-0.1, -0.05) is 38.1 Å². The average Bonchev–Trinajstić information content (AvgIpc) is 3.00. The predicted molar refractivity (Wildman–Crippen MR) is 87.4 cm³/mol. The molecule has 23 heavy (non-hydrogen) atoms. The Kier molecular flexibility index (Phi) is 5.73. The Balaban J connectivity index is 2.22. The van der Waals surface area contributed by atoms with E-state index in [1.54, 1.807) is 6.20 Å². The Hall–Kier alpha value is -2.37. The van der Waals surface area contributed by atoms with Gasteiger partial charge in [0.2, 0.25) is 0 Å². The summed E-state index contributed by atoms with van der Waals surface area (Å²) in [5.41, 5.74) is 1.50. The van der Waals surface area contributed by atoms with Crippen molar-refractivity contribution in [3.8, 4) is 17.0 Å². The normalized spacial score (nSPS) is 12.3. The highest BCUT2D eigenvalue weighted by atomic mass is 16.5. The highest BCUT2D eigenvalue weighted by Gasteiger charge is 2.22. The second kappa shape index (κ2) is 7.76. The number of carboxylic acids is 1. The van der Waals surface area contributed by atoms with Crippen molar-refractivity contribution in [3.05, 3.63) is 30.5 Å². The molecule has 0 amide bonds. The first-order valence-electron chi connectivity index (χ1n) is 7.89. The monoisotopic (exact) mass is 317 g/mol. The molecule has 0 aliphatic rings. The average molecular weight is 317 g/mol. The molecule has 0 bridgehead atoms. The van der Waals surface area contributed by atoms with E-state index in [1.165, 1.54) is 4.68 Å². The molecule has 2 rings (SSSR count). The van der Waals surface area contributed by atoms with Crippen molar-refractivity contribution >= 4 is 5.97 Å². The first kappa shape index (κ1) is 17.0. The largest absolute Gasteiger partial charge is 0.494 e. The fraction of sp³-hybridized carbons (Fsp3) is 0.471. The summed E-state index contributed by atoms with van der Waals surface area (Å²) in [4.78, 5) is 11.4. The Morgan fingerprint density at radius 2 is 2.17 bits per heavy atom. The lowest BCUT2D eigenvalue weighted by Gasteiger charge is -2.13. The molecule has 0 spiro atoms. The second-order valence-electron chi connectivity index (χ2n) is 5.94. The van der Waals surface area contributed by atoms with Crippen molar-refractivity contribution < 1.29 is 14.6 Å². The molecule has 1 heterocycles. The van der Waals surface area contributed by atoms with E-state index in [2.05, 4.69) is 17.2 Å². The fourth-order valence-corrected chi connectivity index (χ4v) is 2.29. The zero-order valence-electron chi connectivity index (χ0n) is 13.8. The first-order chi connectivity index (χ1) is 11.0. The molecule has 1 aromatic carbocycles. The first-order valence-corrected chi connectivity index (χ1v) is 7.89. The molecule has 1 aromatic heterocycles. The minimum absolute atomic E-state index is 0.259. The maximum atomic E-state index is 11.4. The van der Waals surface area contributed by atoms with E-state index in [4.69, 9.17) is 4.74 Å². The van der Waals surface area contributed by atoms with Crippen molar-refractivity contribution in [1.82, 2.24) is 15.0 Å². The molecule has 2 aromatic rings. The molecule has 6 nitrogen and oxygen atoms in total. The van der Waals surface area contributed by atoms with Crippen LogP contribution in [-0.2, 0) is 4.79 Å². The van der Waals surface area contributed by atoms with Crippen LogP contribution in [-0.4, -0.2) is 32.7 Å². The van der Waals surface area contributed by atoms with Gasteiger partial charge in [-0.05, 0) is 30.9 Å². The van der Waals surface area contributed by atoms with E-state index >= 15 is 0 Å². The summed E-state index contributed by atoms with van der Waals surface area (Å²) < 4.78 is 7.04. The summed E-state index contributed by atoms with van der Waals surface area (Å²) in [7, 11) is 0. The van der Waals surface area contributed by atoms with Crippen LogP contribution >= 0.6 is 0 Å². The molecule has 1 atom stereocenters. The maximum Gasteiger partial charge on any atom is 0.328 e. The number of nitrogens with zero attached hydrogens (tertiary/aromatic N) is 3. The molecule has 0 saturated carbocycles. The van der Waals surface area contributed by atoms with Gasteiger partial charge in [0.25, 0.3) is 0 Å². The molecule has 124 valence electrons. The fourth-order valence-electron chi connectivity index (χ4n) is 2.29. The highest BCUT2D eigenvalue weighted by molar-refractivity contribution is 5.72. The summed E-state index contributed by atoms with van der Waals surface area (Å²) in [6.07, 6.45) is 3.13. The van der Waals surface area contributed by atoms with E-state index in [-0.39, 0.29) is 5.92 Å². The van der Waals surface area contributed by atoms with E-state index < -0.39 is 12.0 Å². The highest BCUT2D eigenvalue weighted by Crippen LogP contribution is 2.24. The predicted octanol–water partition coefficient (Wildman–Crippen LogP) is 3.41. The Labute approximate surface area is 136 Å². The van der Waals surface area contributed by atoms with E-state index in [1.807, 2.05) is 38.1 Å². The molecule has 0 radical (unpaired) electrons. The zero-order chi connectivity index (χ0) is 16.8. The van der Waals surface area contributed by atoms with Gasteiger partial charge in [0.15, 0.2) is 6.04 Å². The van der Waals surface area contributed by atoms with Crippen LogP contribution < -0.4 is 4.74 Å². The molecular weight excluding hydrogens is 294 g/mol. The second-order valence-corrected chi connectivity index (χ2v) is 5.94. The van der Waals surface area contributed by atoms with Crippen molar-refractivity contribution in [1.29, 1.82) is 0 Å². The van der Waals surface area contributed by atoms with E-state index in [9.17, 15) is 9.90 Å². The van der Waals surface area contributed by atoms with Crippen molar-refractivity contribution in [3.63, 3.8) is 0 Å². The topological polar surface area (TPSA) is 77.2 Å². The number of rotatable bonds is 8. The summed E-state index contributed by atoms with van der Waals surface area (Å²) >= 11 is 0. The summed E-state index contributed by atoms with van der Waals surface area (Å²) in [6, 6.07) is 6.88. The number of benzene rings is 1. The van der Waals surface area contributed by atoms with Gasteiger partial charge in [-0.15, -0.1) is 5.10 Å². The van der Waals surface area contributed by atoms with Gasteiger partial charge in [0, 0.05) is 5.56 Å².